The van der Waals surface area contributed by atoms with Crippen LogP contribution in [-0.2, 0) is 4.74 Å². The smallest absolute Gasteiger partial charge is 0.0912 e. The predicted molar refractivity (Wildman–Crippen MR) is 85.9 cm³/mol. The van der Waals surface area contributed by atoms with Crippen molar-refractivity contribution in [2.45, 2.75) is 45.9 Å². The molecule has 1 saturated heterocycles. The highest BCUT2D eigenvalue weighted by atomic mass is 35.5. The van der Waals surface area contributed by atoms with Gasteiger partial charge in [-0.15, -0.1) is 0 Å². The van der Waals surface area contributed by atoms with Crippen molar-refractivity contribution in [3.05, 3.63) is 16.9 Å². The summed E-state index contributed by atoms with van der Waals surface area (Å²) >= 11 is 6.42. The van der Waals surface area contributed by atoms with Crippen LogP contribution in [0.15, 0.2) is 6.20 Å². The molecule has 0 aliphatic carbocycles. The average molecular weight is 315 g/mol. The fraction of sp³-hybridized carbons (Fsp3) is 0.800. The summed E-state index contributed by atoms with van der Waals surface area (Å²) in [6.07, 6.45) is 1.84. The van der Waals surface area contributed by atoms with E-state index in [1.165, 1.54) is 0 Å². The Morgan fingerprint density at radius 2 is 2.24 bits per heavy atom. The van der Waals surface area contributed by atoms with Crippen molar-refractivity contribution in [3.63, 3.8) is 0 Å². The topological polar surface area (TPSA) is 42.3 Å². The zero-order valence-electron chi connectivity index (χ0n) is 13.5. The number of ether oxygens (including phenoxy) is 1. The minimum Gasteiger partial charge on any atom is -0.374 e. The number of rotatable bonds is 6. The van der Waals surface area contributed by atoms with Crippen molar-refractivity contribution >= 4 is 11.6 Å². The molecular formula is C15H27ClN4O. The molecule has 0 radical (unpaired) electrons. The second-order valence-corrected chi connectivity index (χ2v) is 6.16. The Morgan fingerprint density at radius 1 is 1.48 bits per heavy atom. The molecule has 0 saturated carbocycles. The maximum Gasteiger partial charge on any atom is 0.0912 e. The first kappa shape index (κ1) is 16.7. The number of aromatic nitrogens is 2. The molecular weight excluding hydrogens is 288 g/mol. The summed E-state index contributed by atoms with van der Waals surface area (Å²) in [5, 5.41) is 8.68. The van der Waals surface area contributed by atoms with Gasteiger partial charge in [-0.3, -0.25) is 9.58 Å². The minimum absolute atomic E-state index is 0.0711. The van der Waals surface area contributed by atoms with Gasteiger partial charge in [-0.1, -0.05) is 25.4 Å². The van der Waals surface area contributed by atoms with Crippen LogP contribution in [0.4, 0.5) is 0 Å². The van der Waals surface area contributed by atoms with Crippen LogP contribution < -0.4 is 5.32 Å². The Hall–Kier alpha value is -0.620. The van der Waals surface area contributed by atoms with E-state index < -0.39 is 0 Å². The summed E-state index contributed by atoms with van der Waals surface area (Å²) in [5.41, 5.74) is 1.04. The van der Waals surface area contributed by atoms with E-state index in [0.29, 0.717) is 5.02 Å². The number of morpholine rings is 1. The first-order valence-electron chi connectivity index (χ1n) is 7.88. The van der Waals surface area contributed by atoms with Crippen molar-refractivity contribution in [1.29, 1.82) is 0 Å². The molecule has 1 aromatic heterocycles. The molecule has 2 heterocycles. The van der Waals surface area contributed by atoms with Crippen LogP contribution in [0.3, 0.4) is 0 Å². The van der Waals surface area contributed by atoms with Gasteiger partial charge < -0.3 is 10.1 Å². The first-order chi connectivity index (χ1) is 10.1. The Kier molecular flexibility index (Phi) is 6.05. The molecule has 0 amide bonds. The largest absolute Gasteiger partial charge is 0.374 e. The van der Waals surface area contributed by atoms with Gasteiger partial charge in [0.2, 0.25) is 0 Å². The normalized spacial score (nSPS) is 21.9. The summed E-state index contributed by atoms with van der Waals surface area (Å²) in [7, 11) is 0. The van der Waals surface area contributed by atoms with Gasteiger partial charge in [-0.25, -0.2) is 0 Å². The van der Waals surface area contributed by atoms with Crippen molar-refractivity contribution in [1.82, 2.24) is 20.0 Å². The van der Waals surface area contributed by atoms with E-state index >= 15 is 0 Å². The van der Waals surface area contributed by atoms with Gasteiger partial charge in [0.25, 0.3) is 0 Å². The lowest BCUT2D eigenvalue weighted by Crippen LogP contribution is -2.48. The van der Waals surface area contributed by atoms with Crippen molar-refractivity contribution in [2.75, 3.05) is 32.8 Å². The number of nitrogens with one attached hydrogen (secondary N) is 1. The van der Waals surface area contributed by atoms with E-state index in [0.717, 1.165) is 38.5 Å². The third-order valence-corrected chi connectivity index (χ3v) is 4.28. The number of halogens is 1. The lowest BCUT2D eigenvalue weighted by Gasteiger charge is -2.37. The molecule has 0 bridgehead atoms. The van der Waals surface area contributed by atoms with Crippen LogP contribution in [0.25, 0.3) is 0 Å². The van der Waals surface area contributed by atoms with Gasteiger partial charge in [0.1, 0.15) is 0 Å². The third-order valence-electron chi connectivity index (χ3n) is 3.99. The van der Waals surface area contributed by atoms with Crippen LogP contribution in [0.2, 0.25) is 5.02 Å². The summed E-state index contributed by atoms with van der Waals surface area (Å²) < 4.78 is 8.04. The average Bonchev–Trinajstić information content (AvgIpc) is 2.86. The van der Waals surface area contributed by atoms with Gasteiger partial charge in [0, 0.05) is 19.1 Å². The fourth-order valence-electron chi connectivity index (χ4n) is 2.90. The van der Waals surface area contributed by atoms with E-state index in [9.17, 15) is 0 Å². The fourth-order valence-corrected chi connectivity index (χ4v) is 3.15. The monoisotopic (exact) mass is 314 g/mol. The number of likely N-dealkylation sites (N-methyl/N-ethyl adjacent to an activating group) is 2. The first-order valence-corrected chi connectivity index (χ1v) is 8.26. The second-order valence-electron chi connectivity index (χ2n) is 5.75. The molecule has 1 N–H and O–H groups in total. The van der Waals surface area contributed by atoms with Crippen LogP contribution in [0.1, 0.15) is 45.5 Å². The Bertz CT molecular complexity index is 449. The lowest BCUT2D eigenvalue weighted by atomic mass is 10.0. The maximum atomic E-state index is 6.42. The van der Waals surface area contributed by atoms with E-state index in [4.69, 9.17) is 16.3 Å². The van der Waals surface area contributed by atoms with E-state index in [1.54, 1.807) is 6.20 Å². The minimum atomic E-state index is 0.0711. The highest BCUT2D eigenvalue weighted by molar-refractivity contribution is 6.31. The zero-order chi connectivity index (χ0) is 15.4. The Balaban J connectivity index is 2.28. The highest BCUT2D eigenvalue weighted by Gasteiger charge is 2.32. The second kappa shape index (κ2) is 7.58. The van der Waals surface area contributed by atoms with Crippen LogP contribution >= 0.6 is 11.6 Å². The van der Waals surface area contributed by atoms with Crippen molar-refractivity contribution in [3.8, 4) is 0 Å². The molecule has 6 heteroatoms. The SMILES string of the molecule is CCNC(c1c(Cl)cnn1C(C)C)C1CN(CC)CCO1. The molecule has 120 valence electrons. The standard InChI is InChI=1S/C15H27ClN4O/c1-5-17-14(13-10-19(6-2)7-8-21-13)15-12(16)9-18-20(15)11(3)4/h9,11,13-14,17H,5-8,10H2,1-4H3. The van der Waals surface area contributed by atoms with Crippen molar-refractivity contribution < 1.29 is 4.74 Å². The number of hydrogen-bond acceptors (Lipinski definition) is 4. The molecule has 2 atom stereocenters. The molecule has 1 aliphatic rings. The molecule has 21 heavy (non-hydrogen) atoms. The summed E-state index contributed by atoms with van der Waals surface area (Å²) in [4.78, 5) is 2.42. The van der Waals surface area contributed by atoms with Crippen LogP contribution in [0.5, 0.6) is 0 Å². The molecule has 1 fully saturated rings. The molecule has 1 aliphatic heterocycles. The predicted octanol–water partition coefficient (Wildman–Crippen LogP) is 2.49. The molecule has 0 spiro atoms. The van der Waals surface area contributed by atoms with Gasteiger partial charge in [-0.2, -0.15) is 5.10 Å². The number of nitrogens with zero attached hydrogens (tertiary/aromatic N) is 3. The quantitative estimate of drug-likeness (QED) is 0.876. The van der Waals surface area contributed by atoms with Gasteiger partial charge in [0.05, 0.1) is 35.7 Å². The Morgan fingerprint density at radius 3 is 2.86 bits per heavy atom. The molecule has 0 aromatic carbocycles. The number of hydrogen-bond donors (Lipinski definition) is 1. The summed E-state index contributed by atoms with van der Waals surface area (Å²) in [6.45, 7) is 13.2. The van der Waals surface area contributed by atoms with Crippen molar-refractivity contribution in [2.24, 2.45) is 0 Å². The van der Waals surface area contributed by atoms with E-state index in [2.05, 4.69) is 43.0 Å². The van der Waals surface area contributed by atoms with Crippen LogP contribution in [-0.4, -0.2) is 53.6 Å². The van der Waals surface area contributed by atoms with Gasteiger partial charge >= 0.3 is 0 Å². The molecule has 1 aromatic rings. The maximum absolute atomic E-state index is 6.42. The Labute approximate surface area is 132 Å². The zero-order valence-corrected chi connectivity index (χ0v) is 14.2. The lowest BCUT2D eigenvalue weighted by molar-refractivity contribution is -0.0468. The van der Waals surface area contributed by atoms with E-state index in [1.807, 2.05) is 4.68 Å². The highest BCUT2D eigenvalue weighted by Crippen LogP contribution is 2.30. The van der Waals surface area contributed by atoms with Crippen LogP contribution in [0, 0.1) is 0 Å². The summed E-state index contributed by atoms with van der Waals surface area (Å²) in [6, 6.07) is 0.348. The molecule has 5 nitrogen and oxygen atoms in total. The van der Waals surface area contributed by atoms with Gasteiger partial charge in [0.15, 0.2) is 0 Å². The molecule has 2 unspecified atom stereocenters. The summed E-state index contributed by atoms with van der Waals surface area (Å²) in [5.74, 6) is 0. The van der Waals surface area contributed by atoms with Gasteiger partial charge in [-0.05, 0) is 26.9 Å². The van der Waals surface area contributed by atoms with E-state index in [-0.39, 0.29) is 18.2 Å². The molecule has 2 rings (SSSR count). The third kappa shape index (κ3) is 3.77.